The van der Waals surface area contributed by atoms with Crippen LogP contribution in [0.1, 0.15) is 27.2 Å². The van der Waals surface area contributed by atoms with Crippen molar-refractivity contribution in [2.45, 2.75) is 39.3 Å². The van der Waals surface area contributed by atoms with Crippen molar-refractivity contribution in [3.05, 3.63) is 30.3 Å². The number of para-hydroxylation sites is 1. The number of benzene rings is 1. The van der Waals surface area contributed by atoms with E-state index in [2.05, 4.69) is 24.1 Å². The van der Waals surface area contributed by atoms with Crippen LogP contribution in [0.4, 0.5) is 5.69 Å². The second-order valence-corrected chi connectivity index (χ2v) is 6.39. The highest BCUT2D eigenvalue weighted by molar-refractivity contribution is 5.94. The van der Waals surface area contributed by atoms with E-state index < -0.39 is 0 Å². The number of rotatable bonds is 3. The number of likely N-dealkylation sites (tertiary alicyclic amines) is 1. The van der Waals surface area contributed by atoms with E-state index in [1.807, 2.05) is 37.3 Å². The molecule has 1 aromatic rings. The third-order valence-electron chi connectivity index (χ3n) is 4.31. The van der Waals surface area contributed by atoms with E-state index in [-0.39, 0.29) is 23.4 Å². The van der Waals surface area contributed by atoms with Gasteiger partial charge in [-0.15, -0.1) is 0 Å². The minimum Gasteiger partial charge on any atom is -0.327 e. The second kappa shape index (κ2) is 5.94. The van der Waals surface area contributed by atoms with Gasteiger partial charge in [0.1, 0.15) is 0 Å². The molecule has 1 amide bonds. The fourth-order valence-corrected chi connectivity index (χ4v) is 2.68. The molecular weight excluding hydrogens is 250 g/mol. The highest BCUT2D eigenvalue weighted by Crippen LogP contribution is 2.28. The molecule has 4 heteroatoms. The van der Waals surface area contributed by atoms with Gasteiger partial charge < -0.3 is 11.1 Å². The maximum Gasteiger partial charge on any atom is 0.241 e. The Morgan fingerprint density at radius 1 is 1.40 bits per heavy atom. The van der Waals surface area contributed by atoms with Crippen LogP contribution >= 0.6 is 0 Å². The smallest absolute Gasteiger partial charge is 0.241 e. The predicted octanol–water partition coefficient (Wildman–Crippen LogP) is 2.07. The molecule has 1 aliphatic heterocycles. The summed E-state index contributed by atoms with van der Waals surface area (Å²) in [5, 5.41) is 2.97. The molecule has 1 aliphatic rings. The molecule has 20 heavy (non-hydrogen) atoms. The van der Waals surface area contributed by atoms with Gasteiger partial charge in [0.25, 0.3) is 0 Å². The molecule has 0 aliphatic carbocycles. The van der Waals surface area contributed by atoms with Crippen molar-refractivity contribution < 1.29 is 4.79 Å². The largest absolute Gasteiger partial charge is 0.327 e. The molecule has 2 atom stereocenters. The number of carbonyl (C=O) groups is 1. The van der Waals surface area contributed by atoms with Crippen LogP contribution in [0.15, 0.2) is 30.3 Å². The zero-order valence-corrected chi connectivity index (χ0v) is 12.6. The topological polar surface area (TPSA) is 58.4 Å². The van der Waals surface area contributed by atoms with E-state index in [1.165, 1.54) is 0 Å². The van der Waals surface area contributed by atoms with Gasteiger partial charge in [0.2, 0.25) is 5.91 Å². The van der Waals surface area contributed by atoms with Crippen LogP contribution in [-0.4, -0.2) is 36.0 Å². The molecule has 1 saturated heterocycles. The zero-order valence-electron chi connectivity index (χ0n) is 12.6. The molecule has 1 fully saturated rings. The van der Waals surface area contributed by atoms with Crippen LogP contribution in [0.2, 0.25) is 0 Å². The van der Waals surface area contributed by atoms with Gasteiger partial charge in [0.05, 0.1) is 6.04 Å². The summed E-state index contributed by atoms with van der Waals surface area (Å²) in [6.07, 6.45) is 0.940. The van der Waals surface area contributed by atoms with Crippen molar-refractivity contribution in [3.63, 3.8) is 0 Å². The third-order valence-corrected chi connectivity index (χ3v) is 4.31. The summed E-state index contributed by atoms with van der Waals surface area (Å²) in [7, 11) is 0. The van der Waals surface area contributed by atoms with Crippen molar-refractivity contribution in [3.8, 4) is 0 Å². The van der Waals surface area contributed by atoms with E-state index in [0.717, 1.165) is 25.2 Å². The first-order valence-corrected chi connectivity index (χ1v) is 7.26. The number of carbonyl (C=O) groups excluding carboxylic acids is 1. The first-order valence-electron chi connectivity index (χ1n) is 7.26. The van der Waals surface area contributed by atoms with Gasteiger partial charge in [-0.05, 0) is 30.9 Å². The molecule has 2 rings (SSSR count). The molecule has 0 bridgehead atoms. The van der Waals surface area contributed by atoms with Crippen molar-refractivity contribution in [2.24, 2.45) is 11.1 Å². The minimum absolute atomic E-state index is 0.0440. The maximum absolute atomic E-state index is 12.3. The van der Waals surface area contributed by atoms with Gasteiger partial charge in [0, 0.05) is 24.8 Å². The van der Waals surface area contributed by atoms with Crippen LogP contribution in [0.5, 0.6) is 0 Å². The van der Waals surface area contributed by atoms with Crippen LogP contribution in [0.25, 0.3) is 0 Å². The summed E-state index contributed by atoms with van der Waals surface area (Å²) in [5.41, 5.74) is 7.05. The number of nitrogens with two attached hydrogens (primary N) is 1. The van der Waals surface area contributed by atoms with Crippen molar-refractivity contribution in [1.82, 2.24) is 4.90 Å². The lowest BCUT2D eigenvalue weighted by atomic mass is 9.79. The molecule has 0 saturated carbocycles. The second-order valence-electron chi connectivity index (χ2n) is 6.39. The molecular formula is C16H25N3O. The molecule has 1 aromatic carbocycles. The van der Waals surface area contributed by atoms with Crippen LogP contribution in [0.3, 0.4) is 0 Å². The monoisotopic (exact) mass is 275 g/mol. The number of amides is 1. The Bertz CT molecular complexity index is 458. The predicted molar refractivity (Wildman–Crippen MR) is 82.5 cm³/mol. The Morgan fingerprint density at radius 2 is 2.05 bits per heavy atom. The number of anilines is 1. The van der Waals surface area contributed by atoms with Gasteiger partial charge in [-0.1, -0.05) is 32.0 Å². The Balaban J connectivity index is 1.97. The van der Waals surface area contributed by atoms with E-state index in [0.29, 0.717) is 0 Å². The molecule has 110 valence electrons. The Morgan fingerprint density at radius 3 is 2.65 bits per heavy atom. The Hall–Kier alpha value is -1.39. The lowest BCUT2D eigenvalue weighted by Crippen LogP contribution is -2.56. The zero-order chi connectivity index (χ0) is 14.8. The standard InChI is InChI=1S/C16H25N3O/c1-12(15(20)18-13-7-5-4-6-8-13)19-10-9-14(17)16(2,3)11-19/h4-8,12,14H,9-11,17H2,1-3H3,(H,18,20). The van der Waals surface area contributed by atoms with Gasteiger partial charge in [-0.2, -0.15) is 0 Å². The molecule has 0 radical (unpaired) electrons. The first kappa shape index (κ1) is 15.0. The molecule has 2 unspecified atom stereocenters. The normalized spacial score (nSPS) is 24.1. The Kier molecular flexibility index (Phi) is 4.45. The summed E-state index contributed by atoms with van der Waals surface area (Å²) in [5.74, 6) is 0.0440. The Labute approximate surface area is 121 Å². The molecule has 0 aromatic heterocycles. The summed E-state index contributed by atoms with van der Waals surface area (Å²) >= 11 is 0. The van der Waals surface area contributed by atoms with Crippen LogP contribution < -0.4 is 11.1 Å². The number of nitrogens with one attached hydrogen (secondary N) is 1. The average molecular weight is 275 g/mol. The molecule has 0 spiro atoms. The highest BCUT2D eigenvalue weighted by atomic mass is 16.2. The van der Waals surface area contributed by atoms with Gasteiger partial charge in [-0.25, -0.2) is 0 Å². The van der Waals surface area contributed by atoms with E-state index >= 15 is 0 Å². The van der Waals surface area contributed by atoms with Crippen LogP contribution in [-0.2, 0) is 4.79 Å². The van der Waals surface area contributed by atoms with Crippen LogP contribution in [0, 0.1) is 5.41 Å². The highest BCUT2D eigenvalue weighted by Gasteiger charge is 2.36. The maximum atomic E-state index is 12.3. The van der Waals surface area contributed by atoms with Crippen molar-refractivity contribution in [1.29, 1.82) is 0 Å². The first-order chi connectivity index (χ1) is 9.40. The van der Waals surface area contributed by atoms with Crippen molar-refractivity contribution >= 4 is 11.6 Å². The SMILES string of the molecule is CC(C(=O)Nc1ccccc1)N1CCC(N)C(C)(C)C1. The van der Waals surface area contributed by atoms with E-state index in [1.54, 1.807) is 0 Å². The molecule has 4 nitrogen and oxygen atoms in total. The van der Waals surface area contributed by atoms with Gasteiger partial charge in [0.15, 0.2) is 0 Å². The summed E-state index contributed by atoms with van der Waals surface area (Å²) in [6, 6.07) is 9.66. The summed E-state index contributed by atoms with van der Waals surface area (Å²) < 4.78 is 0. The van der Waals surface area contributed by atoms with Gasteiger partial charge in [-0.3, -0.25) is 9.69 Å². The van der Waals surface area contributed by atoms with E-state index in [4.69, 9.17) is 5.73 Å². The minimum atomic E-state index is -0.137. The molecule has 1 heterocycles. The lowest BCUT2D eigenvalue weighted by molar-refractivity contribution is -0.122. The van der Waals surface area contributed by atoms with Crippen molar-refractivity contribution in [2.75, 3.05) is 18.4 Å². The number of nitrogens with zero attached hydrogens (tertiary/aromatic N) is 1. The number of hydrogen-bond donors (Lipinski definition) is 2. The lowest BCUT2D eigenvalue weighted by Gasteiger charge is -2.44. The fourth-order valence-electron chi connectivity index (χ4n) is 2.68. The summed E-state index contributed by atoms with van der Waals surface area (Å²) in [4.78, 5) is 14.5. The average Bonchev–Trinajstić information content (AvgIpc) is 2.42. The quantitative estimate of drug-likeness (QED) is 0.888. The van der Waals surface area contributed by atoms with Gasteiger partial charge >= 0.3 is 0 Å². The number of hydrogen-bond acceptors (Lipinski definition) is 3. The fraction of sp³-hybridized carbons (Fsp3) is 0.562. The van der Waals surface area contributed by atoms with E-state index in [9.17, 15) is 4.79 Å². The summed E-state index contributed by atoms with van der Waals surface area (Å²) in [6.45, 7) is 8.05. The third kappa shape index (κ3) is 3.38. The number of piperidine rings is 1. The molecule has 3 N–H and O–H groups in total.